The van der Waals surface area contributed by atoms with Gasteiger partial charge in [-0.2, -0.15) is 0 Å². The lowest BCUT2D eigenvalue weighted by molar-refractivity contribution is -0.0836. The van der Waals surface area contributed by atoms with Crippen molar-refractivity contribution in [1.29, 1.82) is 0 Å². The summed E-state index contributed by atoms with van der Waals surface area (Å²) in [6, 6.07) is 11.9. The van der Waals surface area contributed by atoms with Crippen LogP contribution in [0, 0.1) is 6.92 Å². The summed E-state index contributed by atoms with van der Waals surface area (Å²) in [5.41, 5.74) is 5.36. The number of nitrogens with zero attached hydrogens (tertiary/aromatic N) is 3. The van der Waals surface area contributed by atoms with Crippen molar-refractivity contribution in [2.75, 3.05) is 19.7 Å². The normalized spacial score (nSPS) is 19.1. The molecule has 1 saturated heterocycles. The van der Waals surface area contributed by atoms with Gasteiger partial charge in [-0.15, -0.1) is 0 Å². The van der Waals surface area contributed by atoms with Gasteiger partial charge < -0.3 is 14.9 Å². The number of rotatable bonds is 6. The van der Waals surface area contributed by atoms with E-state index in [2.05, 4.69) is 29.0 Å². The first-order valence-electron chi connectivity index (χ1n) is 11.6. The molecule has 6 heteroatoms. The maximum atomic E-state index is 11.2. The van der Waals surface area contributed by atoms with Crippen molar-refractivity contribution in [1.82, 2.24) is 14.9 Å². The standard InChI is InChI=1S/C26H31N3O3/c1-18-9-10-23(20-6-4-5-19(18)20)32-16-11-25(30)29-14-12-26(31,13-15-29)24-17-27-21-7-2-3-8-22(21)28-24/h2-3,7-10,17,25,30-31H,4-6,11-16H2,1H3/t25-/m1/s1. The van der Waals surface area contributed by atoms with Crippen LogP contribution in [0.1, 0.15) is 48.1 Å². The molecule has 0 bridgehead atoms. The van der Waals surface area contributed by atoms with Gasteiger partial charge in [-0.05, 0) is 73.9 Å². The van der Waals surface area contributed by atoms with E-state index in [1.54, 1.807) is 6.20 Å². The first-order chi connectivity index (χ1) is 15.5. The number of hydrogen-bond acceptors (Lipinski definition) is 6. The summed E-state index contributed by atoms with van der Waals surface area (Å²) in [7, 11) is 0. The molecule has 1 aromatic heterocycles. The van der Waals surface area contributed by atoms with Gasteiger partial charge in [0.15, 0.2) is 0 Å². The van der Waals surface area contributed by atoms with Crippen molar-refractivity contribution in [3.05, 3.63) is 65.0 Å². The summed E-state index contributed by atoms with van der Waals surface area (Å²) in [5.74, 6) is 0.971. The maximum Gasteiger partial charge on any atom is 0.122 e. The zero-order valence-corrected chi connectivity index (χ0v) is 18.6. The molecule has 168 valence electrons. The number of benzene rings is 2. The summed E-state index contributed by atoms with van der Waals surface area (Å²) in [4.78, 5) is 11.1. The average molecular weight is 434 g/mol. The minimum Gasteiger partial charge on any atom is -0.493 e. The highest BCUT2D eigenvalue weighted by Crippen LogP contribution is 2.34. The number of aromatic nitrogens is 2. The molecule has 1 fully saturated rings. The van der Waals surface area contributed by atoms with E-state index >= 15 is 0 Å². The summed E-state index contributed by atoms with van der Waals surface area (Å²) >= 11 is 0. The highest BCUT2D eigenvalue weighted by atomic mass is 16.5. The van der Waals surface area contributed by atoms with Gasteiger partial charge in [-0.1, -0.05) is 18.2 Å². The Morgan fingerprint density at radius 3 is 2.62 bits per heavy atom. The number of para-hydroxylation sites is 2. The van der Waals surface area contributed by atoms with Gasteiger partial charge in [-0.3, -0.25) is 9.88 Å². The summed E-state index contributed by atoms with van der Waals surface area (Å²) in [5, 5.41) is 21.9. The first-order valence-corrected chi connectivity index (χ1v) is 11.6. The van der Waals surface area contributed by atoms with E-state index in [0.29, 0.717) is 44.7 Å². The SMILES string of the molecule is Cc1ccc(OCC[C@@H](O)N2CCC(O)(c3cnc4ccccc4n3)CC2)c2c1CCC2. The molecule has 1 aliphatic heterocycles. The lowest BCUT2D eigenvalue weighted by Gasteiger charge is -2.39. The third kappa shape index (κ3) is 4.10. The molecule has 2 aliphatic rings. The predicted molar refractivity (Wildman–Crippen MR) is 124 cm³/mol. The van der Waals surface area contributed by atoms with Gasteiger partial charge in [-0.25, -0.2) is 4.98 Å². The number of aliphatic hydroxyl groups excluding tert-OH is 1. The largest absolute Gasteiger partial charge is 0.493 e. The third-order valence-corrected chi connectivity index (χ3v) is 7.08. The van der Waals surface area contributed by atoms with Crippen molar-refractivity contribution in [2.45, 2.75) is 57.3 Å². The number of ether oxygens (including phenoxy) is 1. The van der Waals surface area contributed by atoms with Crippen molar-refractivity contribution in [2.24, 2.45) is 0 Å². The Hall–Kier alpha value is -2.54. The Kier molecular flexibility index (Phi) is 5.84. The van der Waals surface area contributed by atoms with Crippen molar-refractivity contribution in [3.63, 3.8) is 0 Å². The van der Waals surface area contributed by atoms with Crippen LogP contribution in [0.5, 0.6) is 5.75 Å². The van der Waals surface area contributed by atoms with Crippen LogP contribution in [0.4, 0.5) is 0 Å². The average Bonchev–Trinajstić information content (AvgIpc) is 3.32. The van der Waals surface area contributed by atoms with E-state index in [1.165, 1.54) is 23.1 Å². The Labute approximate surface area is 188 Å². The molecule has 0 amide bonds. The van der Waals surface area contributed by atoms with Crippen molar-refractivity contribution in [3.8, 4) is 5.75 Å². The molecule has 2 N–H and O–H groups in total. The molecular weight excluding hydrogens is 402 g/mol. The van der Waals surface area contributed by atoms with Crippen LogP contribution in [0.25, 0.3) is 11.0 Å². The molecule has 5 rings (SSSR count). The molecule has 0 spiro atoms. The van der Waals surface area contributed by atoms with Crippen LogP contribution in [0.15, 0.2) is 42.6 Å². The number of fused-ring (bicyclic) bond motifs is 2. The van der Waals surface area contributed by atoms with E-state index in [1.807, 2.05) is 29.2 Å². The molecule has 6 nitrogen and oxygen atoms in total. The highest BCUT2D eigenvalue weighted by molar-refractivity contribution is 5.73. The number of aliphatic hydroxyl groups is 2. The fourth-order valence-corrected chi connectivity index (χ4v) is 5.07. The van der Waals surface area contributed by atoms with Gasteiger partial charge in [0.1, 0.15) is 17.6 Å². The Morgan fingerprint density at radius 1 is 1.06 bits per heavy atom. The van der Waals surface area contributed by atoms with Gasteiger partial charge >= 0.3 is 0 Å². The molecule has 3 aromatic rings. The number of hydrogen-bond donors (Lipinski definition) is 2. The molecule has 1 aliphatic carbocycles. The van der Waals surface area contributed by atoms with Gasteiger partial charge in [0.25, 0.3) is 0 Å². The second-order valence-electron chi connectivity index (χ2n) is 9.12. The molecule has 0 unspecified atom stereocenters. The zero-order chi connectivity index (χ0) is 22.1. The lowest BCUT2D eigenvalue weighted by Crippen LogP contribution is -2.47. The van der Waals surface area contributed by atoms with Crippen LogP contribution in [-0.4, -0.2) is 51.0 Å². The van der Waals surface area contributed by atoms with Crippen molar-refractivity contribution < 1.29 is 14.9 Å². The summed E-state index contributed by atoms with van der Waals surface area (Å²) in [6.07, 6.45) is 6.08. The topological polar surface area (TPSA) is 78.7 Å². The smallest absolute Gasteiger partial charge is 0.122 e. The quantitative estimate of drug-likeness (QED) is 0.620. The Morgan fingerprint density at radius 2 is 1.81 bits per heavy atom. The minimum absolute atomic E-state index is 0.480. The molecule has 0 radical (unpaired) electrons. The fourth-order valence-electron chi connectivity index (χ4n) is 5.07. The molecule has 2 aromatic carbocycles. The summed E-state index contributed by atoms with van der Waals surface area (Å²) < 4.78 is 6.06. The number of aryl methyl sites for hydroxylation is 1. The van der Waals surface area contributed by atoms with E-state index in [-0.39, 0.29) is 0 Å². The third-order valence-electron chi connectivity index (χ3n) is 7.08. The van der Waals surface area contributed by atoms with Crippen LogP contribution in [0.2, 0.25) is 0 Å². The highest BCUT2D eigenvalue weighted by Gasteiger charge is 2.37. The molecule has 1 atom stereocenters. The van der Waals surface area contributed by atoms with Crippen LogP contribution in [-0.2, 0) is 18.4 Å². The second-order valence-corrected chi connectivity index (χ2v) is 9.12. The number of piperidine rings is 1. The van der Waals surface area contributed by atoms with Crippen LogP contribution in [0.3, 0.4) is 0 Å². The van der Waals surface area contributed by atoms with Gasteiger partial charge in [0, 0.05) is 19.5 Å². The molecule has 2 heterocycles. The van der Waals surface area contributed by atoms with Crippen molar-refractivity contribution >= 4 is 11.0 Å². The molecule has 0 saturated carbocycles. The fraction of sp³-hybridized carbons (Fsp3) is 0.462. The van der Waals surface area contributed by atoms with Crippen LogP contribution < -0.4 is 4.74 Å². The van der Waals surface area contributed by atoms with E-state index in [0.717, 1.165) is 29.6 Å². The van der Waals surface area contributed by atoms with E-state index in [9.17, 15) is 10.2 Å². The van der Waals surface area contributed by atoms with Crippen LogP contribution >= 0.6 is 0 Å². The van der Waals surface area contributed by atoms with E-state index in [4.69, 9.17) is 4.74 Å². The lowest BCUT2D eigenvalue weighted by atomic mass is 9.88. The van der Waals surface area contributed by atoms with Gasteiger partial charge in [0.05, 0.1) is 29.5 Å². The second kappa shape index (κ2) is 8.77. The molecule has 32 heavy (non-hydrogen) atoms. The summed E-state index contributed by atoms with van der Waals surface area (Å²) in [6.45, 7) is 3.85. The predicted octanol–water partition coefficient (Wildman–Crippen LogP) is 3.50. The monoisotopic (exact) mass is 433 g/mol. The Bertz CT molecular complexity index is 1110. The zero-order valence-electron chi connectivity index (χ0n) is 18.6. The Balaban J connectivity index is 1.16. The number of likely N-dealkylation sites (tertiary alicyclic amines) is 1. The maximum absolute atomic E-state index is 11.2. The molecular formula is C26H31N3O3. The van der Waals surface area contributed by atoms with E-state index < -0.39 is 11.8 Å². The minimum atomic E-state index is -1.01. The first kappa shape index (κ1) is 21.3. The van der Waals surface area contributed by atoms with Gasteiger partial charge in [0.2, 0.25) is 0 Å².